The number of nitrogens with zero attached hydrogens (tertiary/aromatic N) is 8. The number of carbonyl (C=O) groups excluding carboxylic acids is 1. The largest absolute Gasteiger partial charge is 0.378 e. The molecule has 1 saturated heterocycles. The van der Waals surface area contributed by atoms with Gasteiger partial charge in [-0.25, -0.2) is 9.67 Å². The number of halogens is 1. The van der Waals surface area contributed by atoms with Crippen LogP contribution in [0.2, 0.25) is 5.02 Å². The highest BCUT2D eigenvalue weighted by molar-refractivity contribution is 6.30. The van der Waals surface area contributed by atoms with Crippen LogP contribution in [0, 0.1) is 18.8 Å². The molecule has 0 spiro atoms. The van der Waals surface area contributed by atoms with Crippen molar-refractivity contribution in [3.63, 3.8) is 0 Å². The first-order valence-electron chi connectivity index (χ1n) is 12.5. The Bertz CT molecular complexity index is 1460. The van der Waals surface area contributed by atoms with Crippen LogP contribution < -0.4 is 10.2 Å². The second-order valence-corrected chi connectivity index (χ2v) is 10.3. The highest BCUT2D eigenvalue weighted by Gasteiger charge is 2.45. The van der Waals surface area contributed by atoms with Crippen molar-refractivity contribution < 1.29 is 9.53 Å². The van der Waals surface area contributed by atoms with Crippen molar-refractivity contribution in [3.05, 3.63) is 76.0 Å². The molecule has 1 aliphatic carbocycles. The standard InChI is InChI=1S/C26H28ClN9O2/c1-16-17(3-6-25(30-16)34-10-19-7-20(19)11-34)12-35-13-22(23(31-35)14-38-2)26(37)28-9-18-8-21(27)4-5-24(18)36-15-29-32-33-36/h3-6,8,13,15,19-20H,7,9-12,14H2,1-2H3,(H,28,37). The molecule has 1 saturated carbocycles. The van der Waals surface area contributed by atoms with Gasteiger partial charge >= 0.3 is 0 Å². The lowest BCUT2D eigenvalue weighted by Gasteiger charge is -2.20. The van der Waals surface area contributed by atoms with E-state index in [1.54, 1.807) is 30.1 Å². The summed E-state index contributed by atoms with van der Waals surface area (Å²) in [5, 5.41) is 19.5. The molecule has 6 rings (SSSR count). The zero-order valence-electron chi connectivity index (χ0n) is 21.2. The number of amides is 1. The van der Waals surface area contributed by atoms with E-state index >= 15 is 0 Å². The molecule has 196 valence electrons. The summed E-state index contributed by atoms with van der Waals surface area (Å²) < 4.78 is 8.62. The molecule has 2 fully saturated rings. The van der Waals surface area contributed by atoms with Gasteiger partial charge in [0, 0.05) is 43.7 Å². The summed E-state index contributed by atoms with van der Waals surface area (Å²) in [7, 11) is 1.58. The number of piperidine rings is 1. The number of rotatable bonds is 9. The van der Waals surface area contributed by atoms with E-state index in [-0.39, 0.29) is 19.1 Å². The second kappa shape index (κ2) is 10.1. The molecule has 12 heteroatoms. The van der Waals surface area contributed by atoms with E-state index in [9.17, 15) is 4.79 Å². The van der Waals surface area contributed by atoms with Crippen LogP contribution in [0.1, 0.15) is 39.3 Å². The second-order valence-electron chi connectivity index (χ2n) is 9.90. The van der Waals surface area contributed by atoms with Crippen molar-refractivity contribution >= 4 is 23.3 Å². The van der Waals surface area contributed by atoms with Gasteiger partial charge in [-0.05, 0) is 71.0 Å². The molecule has 1 aliphatic heterocycles. The Morgan fingerprint density at radius 3 is 2.76 bits per heavy atom. The molecule has 11 nitrogen and oxygen atoms in total. The van der Waals surface area contributed by atoms with Gasteiger partial charge in [0.2, 0.25) is 0 Å². The van der Waals surface area contributed by atoms with Gasteiger partial charge < -0.3 is 15.0 Å². The lowest BCUT2D eigenvalue weighted by molar-refractivity contribution is 0.0946. The molecule has 4 aromatic rings. The number of carbonyl (C=O) groups is 1. The van der Waals surface area contributed by atoms with Gasteiger partial charge in [0.25, 0.3) is 5.91 Å². The minimum atomic E-state index is -0.260. The van der Waals surface area contributed by atoms with E-state index in [0.717, 1.165) is 53.3 Å². The Balaban J connectivity index is 1.17. The van der Waals surface area contributed by atoms with Crippen LogP contribution in [0.3, 0.4) is 0 Å². The molecule has 1 N–H and O–H groups in total. The summed E-state index contributed by atoms with van der Waals surface area (Å²) in [5.41, 5.74) is 4.54. The molecule has 2 aliphatic rings. The number of nitrogens with one attached hydrogen (secondary N) is 1. The molecule has 2 atom stereocenters. The highest BCUT2D eigenvalue weighted by atomic mass is 35.5. The Labute approximate surface area is 224 Å². The van der Waals surface area contributed by atoms with Crippen molar-refractivity contribution in [2.45, 2.75) is 33.0 Å². The summed E-state index contributed by atoms with van der Waals surface area (Å²) in [6.07, 6.45) is 4.61. The number of hydrogen-bond donors (Lipinski definition) is 1. The number of ether oxygens (including phenoxy) is 1. The SMILES string of the molecule is COCc1nn(Cc2ccc(N3CC4CC4C3)nc2C)cc1C(=O)NCc1cc(Cl)ccc1-n1cnnn1. The average Bonchev–Trinajstić information content (AvgIpc) is 3.31. The maximum absolute atomic E-state index is 13.2. The van der Waals surface area contributed by atoms with Crippen molar-refractivity contribution in [2.24, 2.45) is 11.8 Å². The van der Waals surface area contributed by atoms with E-state index < -0.39 is 0 Å². The molecule has 4 heterocycles. The lowest BCUT2D eigenvalue weighted by Crippen LogP contribution is -2.24. The number of aromatic nitrogens is 7. The zero-order valence-corrected chi connectivity index (χ0v) is 22.0. The average molecular weight is 534 g/mol. The number of anilines is 1. The van der Waals surface area contributed by atoms with Gasteiger partial charge in [-0.15, -0.1) is 5.10 Å². The van der Waals surface area contributed by atoms with Crippen molar-refractivity contribution in [1.29, 1.82) is 0 Å². The maximum Gasteiger partial charge on any atom is 0.255 e. The Morgan fingerprint density at radius 1 is 1.18 bits per heavy atom. The van der Waals surface area contributed by atoms with Crippen LogP contribution in [0.25, 0.3) is 5.69 Å². The fraction of sp³-hybridized carbons (Fsp3) is 0.385. The first-order chi connectivity index (χ1) is 18.5. The van der Waals surface area contributed by atoms with Crippen LogP contribution in [-0.4, -0.2) is 61.1 Å². The summed E-state index contributed by atoms with van der Waals surface area (Å²) in [6.45, 7) is 5.20. The third kappa shape index (κ3) is 4.99. The lowest BCUT2D eigenvalue weighted by atomic mass is 10.1. The molecular weight excluding hydrogens is 506 g/mol. The van der Waals surface area contributed by atoms with E-state index in [0.29, 0.717) is 22.8 Å². The van der Waals surface area contributed by atoms with Crippen LogP contribution in [0.15, 0.2) is 42.9 Å². The number of methoxy groups -OCH3 is 1. The summed E-state index contributed by atoms with van der Waals surface area (Å²) in [4.78, 5) is 20.5. The molecule has 38 heavy (non-hydrogen) atoms. The van der Waals surface area contributed by atoms with Crippen LogP contribution >= 0.6 is 11.6 Å². The molecule has 2 unspecified atom stereocenters. The fourth-order valence-electron chi connectivity index (χ4n) is 5.12. The van der Waals surface area contributed by atoms with Crippen molar-refractivity contribution in [2.75, 3.05) is 25.1 Å². The van der Waals surface area contributed by atoms with Crippen molar-refractivity contribution in [3.8, 4) is 5.69 Å². The first kappa shape index (κ1) is 24.5. The smallest absolute Gasteiger partial charge is 0.255 e. The normalized spacial score (nSPS) is 18.0. The van der Waals surface area contributed by atoms with Crippen LogP contribution in [0.4, 0.5) is 5.82 Å². The number of fused-ring (bicyclic) bond motifs is 1. The predicted octanol–water partition coefficient (Wildman–Crippen LogP) is 2.80. The predicted molar refractivity (Wildman–Crippen MR) is 140 cm³/mol. The van der Waals surface area contributed by atoms with Gasteiger partial charge in [-0.2, -0.15) is 5.10 Å². The molecule has 1 aromatic carbocycles. The van der Waals surface area contributed by atoms with E-state index in [4.69, 9.17) is 21.3 Å². The number of aryl methyl sites for hydroxylation is 1. The van der Waals surface area contributed by atoms with Gasteiger partial charge in [0.05, 0.1) is 24.4 Å². The molecular formula is C26H28ClN9O2. The Hall–Kier alpha value is -3.83. The van der Waals surface area contributed by atoms with Gasteiger partial charge in [0.1, 0.15) is 17.8 Å². The third-order valence-corrected chi connectivity index (χ3v) is 7.49. The van der Waals surface area contributed by atoms with Crippen LogP contribution in [0.5, 0.6) is 0 Å². The van der Waals surface area contributed by atoms with Gasteiger partial charge in [-0.3, -0.25) is 9.48 Å². The topological polar surface area (TPSA) is 116 Å². The zero-order chi connectivity index (χ0) is 26.2. The van der Waals surface area contributed by atoms with E-state index in [2.05, 4.69) is 43.0 Å². The Morgan fingerprint density at radius 2 is 2.03 bits per heavy atom. The maximum atomic E-state index is 13.2. The molecule has 3 aromatic heterocycles. The summed E-state index contributed by atoms with van der Waals surface area (Å²) in [5.74, 6) is 2.49. The van der Waals surface area contributed by atoms with Crippen LogP contribution in [-0.2, 0) is 24.4 Å². The number of hydrogen-bond acceptors (Lipinski definition) is 8. The Kier molecular flexibility index (Phi) is 6.54. The number of pyridine rings is 1. The molecule has 0 radical (unpaired) electrons. The van der Waals surface area contributed by atoms with Crippen molar-refractivity contribution in [1.82, 2.24) is 40.3 Å². The molecule has 1 amide bonds. The minimum absolute atomic E-state index is 0.219. The monoisotopic (exact) mass is 533 g/mol. The minimum Gasteiger partial charge on any atom is -0.378 e. The number of tetrazole rings is 1. The quantitative estimate of drug-likeness (QED) is 0.349. The fourth-order valence-corrected chi connectivity index (χ4v) is 5.31. The van der Waals surface area contributed by atoms with E-state index in [1.807, 2.05) is 13.0 Å². The van der Waals surface area contributed by atoms with E-state index in [1.165, 1.54) is 17.4 Å². The summed E-state index contributed by atoms with van der Waals surface area (Å²) in [6, 6.07) is 9.54. The third-order valence-electron chi connectivity index (χ3n) is 7.26. The van der Waals surface area contributed by atoms with Gasteiger partial charge in [-0.1, -0.05) is 17.7 Å². The molecule has 0 bridgehead atoms. The first-order valence-corrected chi connectivity index (χ1v) is 12.9. The number of benzene rings is 1. The van der Waals surface area contributed by atoms with Gasteiger partial charge in [0.15, 0.2) is 0 Å². The summed E-state index contributed by atoms with van der Waals surface area (Å²) >= 11 is 6.21. The highest BCUT2D eigenvalue weighted by Crippen LogP contribution is 2.46.